The van der Waals surface area contributed by atoms with Gasteiger partial charge in [-0.05, 0) is 37.1 Å². The van der Waals surface area contributed by atoms with Crippen molar-refractivity contribution < 1.29 is 9.59 Å². The molecule has 0 aliphatic carbocycles. The highest BCUT2D eigenvalue weighted by molar-refractivity contribution is 6.35. The molecule has 1 N–H and O–H groups in total. The Kier molecular flexibility index (Phi) is 5.54. The van der Waals surface area contributed by atoms with E-state index in [1.54, 1.807) is 37.4 Å². The van der Waals surface area contributed by atoms with Crippen LogP contribution in [-0.2, 0) is 11.8 Å². The minimum Gasteiger partial charge on any atom is -0.327 e. The molecule has 2 amide bonds. The quantitative estimate of drug-likeness (QED) is 0.662. The highest BCUT2D eigenvalue weighted by Gasteiger charge is 2.35. The van der Waals surface area contributed by atoms with Crippen molar-refractivity contribution in [1.82, 2.24) is 9.47 Å². The van der Waals surface area contributed by atoms with Gasteiger partial charge in [0.1, 0.15) is 6.04 Å². The lowest BCUT2D eigenvalue weighted by atomic mass is 10.1. The number of hydrogen-bond donors (Lipinski definition) is 1. The molecule has 1 saturated heterocycles. The molecule has 30 heavy (non-hydrogen) atoms. The van der Waals surface area contributed by atoms with E-state index in [0.29, 0.717) is 51.6 Å². The molecule has 154 valence electrons. The molecule has 1 aromatic heterocycles. The molecule has 0 spiro atoms. The molecule has 8 heteroatoms. The first kappa shape index (κ1) is 20.4. The predicted octanol–water partition coefficient (Wildman–Crippen LogP) is 4.09. The number of para-hydroxylation sites is 1. The van der Waals surface area contributed by atoms with E-state index in [0.717, 1.165) is 0 Å². The van der Waals surface area contributed by atoms with Crippen molar-refractivity contribution in [2.24, 2.45) is 7.05 Å². The highest BCUT2D eigenvalue weighted by atomic mass is 35.5. The molecule has 1 aliphatic rings. The molecular weight excluding hydrogens is 425 g/mol. The van der Waals surface area contributed by atoms with Gasteiger partial charge in [0.15, 0.2) is 0 Å². The zero-order valence-electron chi connectivity index (χ0n) is 16.2. The summed E-state index contributed by atoms with van der Waals surface area (Å²) in [5.74, 6) is -0.641. The fraction of sp³-hybridized carbons (Fsp3) is 0.227. The minimum absolute atomic E-state index is 0.272. The van der Waals surface area contributed by atoms with Crippen molar-refractivity contribution >= 4 is 51.6 Å². The van der Waals surface area contributed by atoms with Crippen LogP contribution in [-0.4, -0.2) is 33.9 Å². The van der Waals surface area contributed by atoms with Gasteiger partial charge in [-0.25, -0.2) is 0 Å². The van der Waals surface area contributed by atoms with Crippen LogP contribution in [0.15, 0.2) is 53.3 Å². The lowest BCUT2D eigenvalue weighted by Gasteiger charge is -2.25. The number of nitrogens with one attached hydrogen (secondary N) is 1. The van der Waals surface area contributed by atoms with Crippen LogP contribution in [0.1, 0.15) is 23.2 Å². The molecule has 1 unspecified atom stereocenters. The molecule has 4 rings (SSSR count). The monoisotopic (exact) mass is 443 g/mol. The SMILES string of the molecule is Cn1c(=O)cc(C(=O)N2CCCC2C(=O)Nc2cc(Cl)cc(Cl)c2)c2ccccc21. The smallest absolute Gasteiger partial charge is 0.255 e. The molecule has 2 aromatic carbocycles. The first-order chi connectivity index (χ1) is 14.3. The zero-order chi connectivity index (χ0) is 21.4. The zero-order valence-corrected chi connectivity index (χ0v) is 17.7. The van der Waals surface area contributed by atoms with Crippen LogP contribution >= 0.6 is 23.2 Å². The number of aromatic nitrogens is 1. The molecule has 1 atom stereocenters. The van der Waals surface area contributed by atoms with Gasteiger partial charge in [0.2, 0.25) is 5.91 Å². The van der Waals surface area contributed by atoms with E-state index in [-0.39, 0.29) is 17.4 Å². The molecule has 0 bridgehead atoms. The van der Waals surface area contributed by atoms with Crippen molar-refractivity contribution in [2.45, 2.75) is 18.9 Å². The summed E-state index contributed by atoms with van der Waals surface area (Å²) in [6, 6.07) is 12.7. The maximum atomic E-state index is 13.4. The Morgan fingerprint density at radius 1 is 1.07 bits per heavy atom. The Morgan fingerprint density at radius 3 is 2.50 bits per heavy atom. The number of aryl methyl sites for hydroxylation is 1. The number of hydrogen-bond acceptors (Lipinski definition) is 3. The molecule has 1 aliphatic heterocycles. The number of carbonyl (C=O) groups excluding carboxylic acids is 2. The molecule has 2 heterocycles. The van der Waals surface area contributed by atoms with Crippen molar-refractivity contribution in [1.29, 1.82) is 0 Å². The van der Waals surface area contributed by atoms with Crippen LogP contribution < -0.4 is 10.9 Å². The van der Waals surface area contributed by atoms with Gasteiger partial charge in [-0.3, -0.25) is 14.4 Å². The minimum atomic E-state index is -0.641. The number of anilines is 1. The summed E-state index contributed by atoms with van der Waals surface area (Å²) < 4.78 is 1.50. The van der Waals surface area contributed by atoms with Crippen LogP contribution in [0.2, 0.25) is 10.0 Å². The Hall–Kier alpha value is -2.83. The summed E-state index contributed by atoms with van der Waals surface area (Å²) >= 11 is 12.0. The Labute approximate surface area is 183 Å². The van der Waals surface area contributed by atoms with E-state index in [9.17, 15) is 14.4 Å². The molecule has 1 fully saturated rings. The second-order valence-corrected chi connectivity index (χ2v) is 8.15. The average molecular weight is 444 g/mol. The van der Waals surface area contributed by atoms with Crippen LogP contribution in [0.3, 0.4) is 0 Å². The number of rotatable bonds is 3. The van der Waals surface area contributed by atoms with Crippen molar-refractivity contribution in [3.05, 3.63) is 74.5 Å². The Morgan fingerprint density at radius 2 is 1.77 bits per heavy atom. The first-order valence-electron chi connectivity index (χ1n) is 9.52. The van der Waals surface area contributed by atoms with Gasteiger partial charge in [-0.1, -0.05) is 41.4 Å². The maximum absolute atomic E-state index is 13.4. The van der Waals surface area contributed by atoms with Gasteiger partial charge in [-0.15, -0.1) is 0 Å². The van der Waals surface area contributed by atoms with E-state index < -0.39 is 6.04 Å². The number of pyridine rings is 1. The van der Waals surface area contributed by atoms with Crippen LogP contribution in [0, 0.1) is 0 Å². The highest BCUT2D eigenvalue weighted by Crippen LogP contribution is 2.26. The van der Waals surface area contributed by atoms with Gasteiger partial charge >= 0.3 is 0 Å². The van der Waals surface area contributed by atoms with Crippen LogP contribution in [0.4, 0.5) is 5.69 Å². The lowest BCUT2D eigenvalue weighted by molar-refractivity contribution is -0.119. The van der Waals surface area contributed by atoms with Gasteiger partial charge < -0.3 is 14.8 Å². The fourth-order valence-corrected chi connectivity index (χ4v) is 4.40. The number of amides is 2. The normalized spacial score (nSPS) is 16.1. The summed E-state index contributed by atoms with van der Waals surface area (Å²) in [6.45, 7) is 0.441. The van der Waals surface area contributed by atoms with E-state index >= 15 is 0 Å². The molecule has 0 saturated carbocycles. The lowest BCUT2D eigenvalue weighted by Crippen LogP contribution is -2.43. The largest absolute Gasteiger partial charge is 0.327 e. The number of fused-ring (bicyclic) bond motifs is 1. The van der Waals surface area contributed by atoms with E-state index in [4.69, 9.17) is 23.2 Å². The molecule has 3 aromatic rings. The summed E-state index contributed by atoms with van der Waals surface area (Å²) in [4.78, 5) is 40.2. The number of likely N-dealkylation sites (tertiary alicyclic amines) is 1. The van der Waals surface area contributed by atoms with Crippen LogP contribution in [0.5, 0.6) is 0 Å². The van der Waals surface area contributed by atoms with Gasteiger partial charge in [0.05, 0.1) is 11.1 Å². The van der Waals surface area contributed by atoms with Gasteiger partial charge in [0, 0.05) is 40.8 Å². The Balaban J connectivity index is 1.65. The van der Waals surface area contributed by atoms with E-state index in [2.05, 4.69) is 5.32 Å². The second kappa shape index (κ2) is 8.13. The van der Waals surface area contributed by atoms with Crippen molar-refractivity contribution in [3.8, 4) is 0 Å². The third kappa shape index (κ3) is 3.80. The second-order valence-electron chi connectivity index (χ2n) is 7.28. The number of benzene rings is 2. The fourth-order valence-electron chi connectivity index (χ4n) is 3.88. The predicted molar refractivity (Wildman–Crippen MR) is 118 cm³/mol. The van der Waals surface area contributed by atoms with E-state index in [1.165, 1.54) is 15.5 Å². The van der Waals surface area contributed by atoms with Gasteiger partial charge in [-0.2, -0.15) is 0 Å². The number of carbonyl (C=O) groups is 2. The van der Waals surface area contributed by atoms with Crippen molar-refractivity contribution in [2.75, 3.05) is 11.9 Å². The molecule has 6 nitrogen and oxygen atoms in total. The topological polar surface area (TPSA) is 71.4 Å². The third-order valence-electron chi connectivity index (χ3n) is 5.33. The van der Waals surface area contributed by atoms with Gasteiger partial charge in [0.25, 0.3) is 11.5 Å². The average Bonchev–Trinajstić information content (AvgIpc) is 3.19. The summed E-state index contributed by atoms with van der Waals surface area (Å²) in [5.41, 5.74) is 1.17. The van der Waals surface area contributed by atoms with E-state index in [1.807, 2.05) is 12.1 Å². The van der Waals surface area contributed by atoms with Crippen molar-refractivity contribution in [3.63, 3.8) is 0 Å². The summed E-state index contributed by atoms with van der Waals surface area (Å²) in [7, 11) is 1.67. The summed E-state index contributed by atoms with van der Waals surface area (Å²) in [6.07, 6.45) is 1.23. The Bertz CT molecular complexity index is 1200. The maximum Gasteiger partial charge on any atom is 0.255 e. The third-order valence-corrected chi connectivity index (χ3v) is 5.77. The molecular formula is C22H19Cl2N3O3. The standard InChI is InChI=1S/C22H19Cl2N3O3/c1-26-18-6-3-2-5-16(18)17(12-20(26)28)22(30)27-8-4-7-19(27)21(29)25-15-10-13(23)9-14(24)11-15/h2-3,5-6,9-12,19H,4,7-8H2,1H3,(H,25,29). The number of nitrogens with zero attached hydrogens (tertiary/aromatic N) is 2. The molecule has 0 radical (unpaired) electrons. The first-order valence-corrected chi connectivity index (χ1v) is 10.3. The number of halogens is 2. The van der Waals surface area contributed by atoms with Crippen LogP contribution in [0.25, 0.3) is 10.9 Å². The summed E-state index contributed by atoms with van der Waals surface area (Å²) in [5, 5.41) is 4.28.